The van der Waals surface area contributed by atoms with Crippen LogP contribution in [0.1, 0.15) is 78.1 Å². The Labute approximate surface area is 114 Å². The van der Waals surface area contributed by atoms with E-state index < -0.39 is 0 Å². The Morgan fingerprint density at radius 3 is 1.44 bits per heavy atom. The van der Waals surface area contributed by atoms with Crippen LogP contribution in [0.2, 0.25) is 0 Å². The first-order valence-electron chi connectivity index (χ1n) is 8.33. The first-order valence-corrected chi connectivity index (χ1v) is 8.33. The van der Waals surface area contributed by atoms with Gasteiger partial charge in [-0.15, -0.1) is 0 Å². The highest BCUT2D eigenvalue weighted by Crippen LogP contribution is 2.10. The highest BCUT2D eigenvalue weighted by Gasteiger charge is 2.18. The van der Waals surface area contributed by atoms with Gasteiger partial charge in [0.1, 0.15) is 0 Å². The maximum absolute atomic E-state index is 3.72. The molecular formula is C16H34N2. The van der Waals surface area contributed by atoms with Gasteiger partial charge in [0, 0.05) is 25.2 Å². The lowest BCUT2D eigenvalue weighted by Gasteiger charge is -2.31. The first-order chi connectivity index (χ1) is 8.86. The fourth-order valence-electron chi connectivity index (χ4n) is 2.81. The molecule has 2 nitrogen and oxygen atoms in total. The minimum absolute atomic E-state index is 0.730. The summed E-state index contributed by atoms with van der Waals surface area (Å²) in [6, 6.07) is 1.46. The number of piperazine rings is 1. The van der Waals surface area contributed by atoms with Crippen LogP contribution < -0.4 is 10.6 Å². The van der Waals surface area contributed by atoms with Gasteiger partial charge in [0.15, 0.2) is 0 Å². The molecule has 2 atom stereocenters. The second kappa shape index (κ2) is 10.8. The average molecular weight is 254 g/mol. The van der Waals surface area contributed by atoms with Crippen molar-refractivity contribution in [3.63, 3.8) is 0 Å². The maximum Gasteiger partial charge on any atom is 0.0193 e. The molecule has 0 radical (unpaired) electrons. The van der Waals surface area contributed by atoms with E-state index in [2.05, 4.69) is 24.5 Å². The lowest BCUT2D eigenvalue weighted by molar-refractivity contribution is 0.311. The summed E-state index contributed by atoms with van der Waals surface area (Å²) in [5.74, 6) is 0. The normalized spacial score (nSPS) is 24.3. The van der Waals surface area contributed by atoms with Gasteiger partial charge in [-0.1, -0.05) is 65.2 Å². The topological polar surface area (TPSA) is 24.1 Å². The molecule has 0 aliphatic carbocycles. The summed E-state index contributed by atoms with van der Waals surface area (Å²) in [6.45, 7) is 6.93. The molecule has 1 aliphatic rings. The number of rotatable bonds is 10. The van der Waals surface area contributed by atoms with Crippen LogP contribution in [0.25, 0.3) is 0 Å². The third-order valence-corrected chi connectivity index (χ3v) is 4.12. The summed E-state index contributed by atoms with van der Waals surface area (Å²) in [6.07, 6.45) is 13.8. The molecule has 1 saturated heterocycles. The van der Waals surface area contributed by atoms with Crippen molar-refractivity contribution in [2.24, 2.45) is 0 Å². The number of nitrogens with one attached hydrogen (secondary N) is 2. The van der Waals surface area contributed by atoms with Crippen LogP contribution in [-0.2, 0) is 0 Å². The SMILES string of the molecule is CCCCCCC1CNC(CCCCCC)CN1. The molecule has 2 unspecified atom stereocenters. The number of hydrogen-bond acceptors (Lipinski definition) is 2. The average Bonchev–Trinajstić information content (AvgIpc) is 2.41. The lowest BCUT2D eigenvalue weighted by Crippen LogP contribution is -2.54. The monoisotopic (exact) mass is 254 g/mol. The van der Waals surface area contributed by atoms with Gasteiger partial charge in [-0.25, -0.2) is 0 Å². The molecule has 1 aliphatic heterocycles. The highest BCUT2D eigenvalue weighted by molar-refractivity contribution is 4.82. The van der Waals surface area contributed by atoms with E-state index in [0.29, 0.717) is 0 Å². The van der Waals surface area contributed by atoms with Crippen molar-refractivity contribution in [3.8, 4) is 0 Å². The Morgan fingerprint density at radius 2 is 1.11 bits per heavy atom. The third kappa shape index (κ3) is 7.38. The summed E-state index contributed by atoms with van der Waals surface area (Å²) >= 11 is 0. The van der Waals surface area contributed by atoms with Gasteiger partial charge in [-0.05, 0) is 12.8 Å². The van der Waals surface area contributed by atoms with Crippen molar-refractivity contribution in [3.05, 3.63) is 0 Å². The van der Waals surface area contributed by atoms with Crippen molar-refractivity contribution in [1.82, 2.24) is 10.6 Å². The van der Waals surface area contributed by atoms with Gasteiger partial charge in [0.2, 0.25) is 0 Å². The van der Waals surface area contributed by atoms with Gasteiger partial charge in [0.25, 0.3) is 0 Å². The Kier molecular flexibility index (Phi) is 9.59. The van der Waals surface area contributed by atoms with Crippen molar-refractivity contribution in [1.29, 1.82) is 0 Å². The van der Waals surface area contributed by atoms with Crippen molar-refractivity contribution in [2.75, 3.05) is 13.1 Å². The van der Waals surface area contributed by atoms with Gasteiger partial charge in [-0.2, -0.15) is 0 Å². The predicted octanol–water partition coefficient (Wildman–Crippen LogP) is 3.86. The smallest absolute Gasteiger partial charge is 0.0193 e. The highest BCUT2D eigenvalue weighted by atomic mass is 15.1. The predicted molar refractivity (Wildman–Crippen MR) is 81.1 cm³/mol. The molecule has 0 aromatic heterocycles. The van der Waals surface area contributed by atoms with Gasteiger partial charge in [-0.3, -0.25) is 0 Å². The first kappa shape index (κ1) is 16.0. The van der Waals surface area contributed by atoms with E-state index in [1.807, 2.05) is 0 Å². The van der Waals surface area contributed by atoms with Crippen molar-refractivity contribution < 1.29 is 0 Å². The summed E-state index contributed by atoms with van der Waals surface area (Å²) in [5.41, 5.74) is 0. The summed E-state index contributed by atoms with van der Waals surface area (Å²) < 4.78 is 0. The molecule has 0 aromatic carbocycles. The van der Waals surface area contributed by atoms with Crippen molar-refractivity contribution >= 4 is 0 Å². The van der Waals surface area contributed by atoms with Crippen LogP contribution in [0, 0.1) is 0 Å². The Morgan fingerprint density at radius 1 is 0.667 bits per heavy atom. The zero-order valence-electron chi connectivity index (χ0n) is 12.6. The van der Waals surface area contributed by atoms with E-state index in [-0.39, 0.29) is 0 Å². The van der Waals surface area contributed by atoms with E-state index in [9.17, 15) is 0 Å². The fourth-order valence-corrected chi connectivity index (χ4v) is 2.81. The number of hydrogen-bond donors (Lipinski definition) is 2. The molecule has 1 heterocycles. The van der Waals surface area contributed by atoms with Gasteiger partial charge in [0.05, 0.1) is 0 Å². The van der Waals surface area contributed by atoms with E-state index in [1.54, 1.807) is 0 Å². The summed E-state index contributed by atoms with van der Waals surface area (Å²) in [7, 11) is 0. The molecule has 2 heteroatoms. The van der Waals surface area contributed by atoms with Crippen LogP contribution in [-0.4, -0.2) is 25.2 Å². The van der Waals surface area contributed by atoms with E-state index in [0.717, 1.165) is 12.1 Å². The zero-order chi connectivity index (χ0) is 13.1. The zero-order valence-corrected chi connectivity index (χ0v) is 12.6. The van der Waals surface area contributed by atoms with Crippen LogP contribution >= 0.6 is 0 Å². The van der Waals surface area contributed by atoms with Crippen molar-refractivity contribution in [2.45, 2.75) is 90.1 Å². The molecule has 0 spiro atoms. The maximum atomic E-state index is 3.72. The molecule has 2 N–H and O–H groups in total. The Bertz CT molecular complexity index is 154. The van der Waals surface area contributed by atoms with Crippen LogP contribution in [0.5, 0.6) is 0 Å². The molecule has 1 fully saturated rings. The van der Waals surface area contributed by atoms with Gasteiger partial charge >= 0.3 is 0 Å². The second-order valence-corrected chi connectivity index (χ2v) is 5.91. The van der Waals surface area contributed by atoms with Crippen LogP contribution in [0.15, 0.2) is 0 Å². The fraction of sp³-hybridized carbons (Fsp3) is 1.00. The standard InChI is InChI=1S/C16H34N2/c1-3-5-7-9-11-15-13-18-16(14-17-15)12-10-8-6-4-2/h15-18H,3-14H2,1-2H3. The Balaban J connectivity index is 1.95. The molecule has 18 heavy (non-hydrogen) atoms. The van der Waals surface area contributed by atoms with E-state index in [4.69, 9.17) is 0 Å². The third-order valence-electron chi connectivity index (χ3n) is 4.12. The molecule has 0 bridgehead atoms. The van der Waals surface area contributed by atoms with Gasteiger partial charge < -0.3 is 10.6 Å². The molecular weight excluding hydrogens is 220 g/mol. The van der Waals surface area contributed by atoms with E-state index >= 15 is 0 Å². The largest absolute Gasteiger partial charge is 0.311 e. The second-order valence-electron chi connectivity index (χ2n) is 5.91. The van der Waals surface area contributed by atoms with Crippen LogP contribution in [0.4, 0.5) is 0 Å². The summed E-state index contributed by atoms with van der Waals surface area (Å²) in [5, 5.41) is 7.45. The molecule has 1 rings (SSSR count). The van der Waals surface area contributed by atoms with E-state index in [1.165, 1.54) is 77.3 Å². The molecule has 0 aromatic rings. The number of unbranched alkanes of at least 4 members (excludes halogenated alkanes) is 6. The quantitative estimate of drug-likeness (QED) is 0.579. The Hall–Kier alpha value is -0.0800. The molecule has 108 valence electrons. The molecule has 0 saturated carbocycles. The minimum atomic E-state index is 0.730. The van der Waals surface area contributed by atoms with Crippen LogP contribution in [0.3, 0.4) is 0 Å². The lowest BCUT2D eigenvalue weighted by atomic mass is 10.0. The summed E-state index contributed by atoms with van der Waals surface area (Å²) in [4.78, 5) is 0. The minimum Gasteiger partial charge on any atom is -0.311 e. The molecule has 0 amide bonds.